The molecule has 0 aliphatic heterocycles. The highest BCUT2D eigenvalue weighted by molar-refractivity contribution is 6.30. The molecule has 2 N–H and O–H groups in total. The summed E-state index contributed by atoms with van der Waals surface area (Å²) in [5.41, 5.74) is 2.71. The quantitative estimate of drug-likeness (QED) is 0.663. The monoisotopic (exact) mass is 363 g/mol. The summed E-state index contributed by atoms with van der Waals surface area (Å²) in [4.78, 5) is 8.83. The van der Waals surface area contributed by atoms with E-state index in [4.69, 9.17) is 16.9 Å². The lowest BCUT2D eigenvalue weighted by molar-refractivity contribution is 0.983. The number of anilines is 3. The fourth-order valence-corrected chi connectivity index (χ4v) is 2.61. The van der Waals surface area contributed by atoms with Crippen LogP contribution in [0.25, 0.3) is 0 Å². The van der Waals surface area contributed by atoms with Crippen molar-refractivity contribution in [2.75, 3.05) is 17.2 Å². The predicted molar refractivity (Wildman–Crippen MR) is 105 cm³/mol. The van der Waals surface area contributed by atoms with Crippen LogP contribution in [-0.4, -0.2) is 16.5 Å². The standard InChI is InChI=1S/C20H18ClN5/c1-14-24-19(23-11-10-15-2-6-17(21)7-3-15)12-20(25-14)26-18-8-4-16(13-22)5-9-18/h2-9,12H,10-11H2,1H3,(H2,23,24,25,26). The minimum absolute atomic E-state index is 0.624. The molecule has 6 heteroatoms. The van der Waals surface area contributed by atoms with Gasteiger partial charge in [0.05, 0.1) is 11.6 Å². The van der Waals surface area contributed by atoms with E-state index in [1.807, 2.05) is 49.4 Å². The summed E-state index contributed by atoms with van der Waals surface area (Å²) in [6, 6.07) is 19.0. The zero-order valence-corrected chi connectivity index (χ0v) is 15.1. The number of nitrogens with one attached hydrogen (secondary N) is 2. The summed E-state index contributed by atoms with van der Waals surface area (Å²) < 4.78 is 0. The predicted octanol–water partition coefficient (Wildman–Crippen LogP) is 4.71. The van der Waals surface area contributed by atoms with Crippen molar-refractivity contribution >= 4 is 28.9 Å². The number of aromatic nitrogens is 2. The Bertz CT molecular complexity index is 914. The average Bonchev–Trinajstić information content (AvgIpc) is 2.64. The first-order chi connectivity index (χ1) is 12.6. The average molecular weight is 364 g/mol. The number of aryl methyl sites for hydroxylation is 1. The van der Waals surface area contributed by atoms with E-state index in [-0.39, 0.29) is 0 Å². The largest absolute Gasteiger partial charge is 0.370 e. The van der Waals surface area contributed by atoms with Crippen LogP contribution in [0.15, 0.2) is 54.6 Å². The normalized spacial score (nSPS) is 10.2. The summed E-state index contributed by atoms with van der Waals surface area (Å²) >= 11 is 5.90. The number of rotatable bonds is 6. The Kier molecular flexibility index (Phi) is 5.67. The summed E-state index contributed by atoms with van der Waals surface area (Å²) in [6.45, 7) is 2.61. The van der Waals surface area contributed by atoms with Crippen LogP contribution in [0.1, 0.15) is 17.0 Å². The topological polar surface area (TPSA) is 73.6 Å². The second-order valence-electron chi connectivity index (χ2n) is 5.80. The molecule has 3 aromatic rings. The van der Waals surface area contributed by atoms with Gasteiger partial charge in [-0.05, 0) is 55.3 Å². The highest BCUT2D eigenvalue weighted by atomic mass is 35.5. The van der Waals surface area contributed by atoms with E-state index in [0.717, 1.165) is 29.5 Å². The maximum absolute atomic E-state index is 8.86. The second kappa shape index (κ2) is 8.32. The van der Waals surface area contributed by atoms with Gasteiger partial charge >= 0.3 is 0 Å². The van der Waals surface area contributed by atoms with Gasteiger partial charge in [-0.2, -0.15) is 5.26 Å². The van der Waals surface area contributed by atoms with Gasteiger partial charge in [0.2, 0.25) is 0 Å². The van der Waals surface area contributed by atoms with Gasteiger partial charge < -0.3 is 10.6 Å². The van der Waals surface area contributed by atoms with Crippen molar-refractivity contribution in [2.24, 2.45) is 0 Å². The Morgan fingerprint density at radius 1 is 1.00 bits per heavy atom. The minimum Gasteiger partial charge on any atom is -0.370 e. The number of hydrogen-bond acceptors (Lipinski definition) is 5. The van der Waals surface area contributed by atoms with Crippen LogP contribution in [0, 0.1) is 18.3 Å². The molecule has 0 spiro atoms. The Morgan fingerprint density at radius 2 is 1.69 bits per heavy atom. The summed E-state index contributed by atoms with van der Waals surface area (Å²) in [7, 11) is 0. The Labute approximate surface area is 157 Å². The van der Waals surface area contributed by atoms with Crippen molar-refractivity contribution < 1.29 is 0 Å². The first-order valence-corrected chi connectivity index (χ1v) is 8.61. The Morgan fingerprint density at radius 3 is 2.38 bits per heavy atom. The molecule has 5 nitrogen and oxygen atoms in total. The highest BCUT2D eigenvalue weighted by Gasteiger charge is 2.03. The molecule has 1 heterocycles. The van der Waals surface area contributed by atoms with Gasteiger partial charge in [0.25, 0.3) is 0 Å². The molecule has 0 aliphatic carbocycles. The van der Waals surface area contributed by atoms with Gasteiger partial charge in [0, 0.05) is 23.3 Å². The molecule has 0 aliphatic rings. The fraction of sp³-hybridized carbons (Fsp3) is 0.150. The molecule has 0 radical (unpaired) electrons. The van der Waals surface area contributed by atoms with Crippen molar-refractivity contribution in [3.63, 3.8) is 0 Å². The number of hydrogen-bond donors (Lipinski definition) is 2. The van der Waals surface area contributed by atoms with Crippen LogP contribution in [-0.2, 0) is 6.42 Å². The van der Waals surface area contributed by atoms with E-state index in [1.165, 1.54) is 5.56 Å². The van der Waals surface area contributed by atoms with Gasteiger partial charge in [-0.1, -0.05) is 23.7 Å². The lowest BCUT2D eigenvalue weighted by Crippen LogP contribution is -2.08. The van der Waals surface area contributed by atoms with E-state index >= 15 is 0 Å². The molecule has 2 aromatic carbocycles. The lowest BCUT2D eigenvalue weighted by atomic mass is 10.1. The lowest BCUT2D eigenvalue weighted by Gasteiger charge is -2.10. The molecule has 130 valence electrons. The molecular weight excluding hydrogens is 346 g/mol. The Hall–Kier alpha value is -3.10. The summed E-state index contributed by atoms with van der Waals surface area (Å²) in [6.07, 6.45) is 0.874. The zero-order chi connectivity index (χ0) is 18.4. The molecule has 0 saturated carbocycles. The first kappa shape index (κ1) is 17.7. The molecule has 0 saturated heterocycles. The van der Waals surface area contributed by atoms with E-state index in [0.29, 0.717) is 17.2 Å². The number of nitrogens with zero attached hydrogens (tertiary/aromatic N) is 3. The molecule has 3 rings (SSSR count). The zero-order valence-electron chi connectivity index (χ0n) is 14.3. The van der Waals surface area contributed by atoms with E-state index in [1.54, 1.807) is 12.1 Å². The molecule has 0 fully saturated rings. The van der Waals surface area contributed by atoms with E-state index < -0.39 is 0 Å². The van der Waals surface area contributed by atoms with E-state index in [2.05, 4.69) is 26.7 Å². The third kappa shape index (κ3) is 4.95. The van der Waals surface area contributed by atoms with Crippen molar-refractivity contribution in [3.8, 4) is 6.07 Å². The van der Waals surface area contributed by atoms with Crippen LogP contribution in [0.2, 0.25) is 5.02 Å². The molecular formula is C20H18ClN5. The molecule has 26 heavy (non-hydrogen) atoms. The fourth-order valence-electron chi connectivity index (χ4n) is 2.48. The van der Waals surface area contributed by atoms with Crippen molar-refractivity contribution in [3.05, 3.63) is 76.6 Å². The minimum atomic E-state index is 0.624. The van der Waals surface area contributed by atoms with Gasteiger partial charge in [-0.25, -0.2) is 9.97 Å². The third-order valence-electron chi connectivity index (χ3n) is 3.76. The molecule has 0 bridgehead atoms. The van der Waals surface area contributed by atoms with Crippen molar-refractivity contribution in [2.45, 2.75) is 13.3 Å². The van der Waals surface area contributed by atoms with Gasteiger partial charge in [0.1, 0.15) is 17.5 Å². The van der Waals surface area contributed by atoms with Crippen LogP contribution in [0.3, 0.4) is 0 Å². The third-order valence-corrected chi connectivity index (χ3v) is 4.01. The van der Waals surface area contributed by atoms with Crippen molar-refractivity contribution in [1.82, 2.24) is 9.97 Å². The number of benzene rings is 2. The number of nitriles is 1. The van der Waals surface area contributed by atoms with Crippen LogP contribution in [0.5, 0.6) is 0 Å². The van der Waals surface area contributed by atoms with Crippen LogP contribution >= 0.6 is 11.6 Å². The van der Waals surface area contributed by atoms with Crippen LogP contribution < -0.4 is 10.6 Å². The van der Waals surface area contributed by atoms with Gasteiger partial charge in [-0.3, -0.25) is 0 Å². The van der Waals surface area contributed by atoms with Gasteiger partial charge in [-0.15, -0.1) is 0 Å². The van der Waals surface area contributed by atoms with Crippen LogP contribution in [0.4, 0.5) is 17.3 Å². The SMILES string of the molecule is Cc1nc(NCCc2ccc(Cl)cc2)cc(Nc2ccc(C#N)cc2)n1. The molecule has 1 aromatic heterocycles. The first-order valence-electron chi connectivity index (χ1n) is 8.23. The molecule has 0 unspecified atom stereocenters. The van der Waals surface area contributed by atoms with Crippen molar-refractivity contribution in [1.29, 1.82) is 5.26 Å². The van der Waals surface area contributed by atoms with E-state index in [9.17, 15) is 0 Å². The number of halogens is 1. The van der Waals surface area contributed by atoms with Gasteiger partial charge in [0.15, 0.2) is 0 Å². The highest BCUT2D eigenvalue weighted by Crippen LogP contribution is 2.18. The summed E-state index contributed by atoms with van der Waals surface area (Å²) in [5.74, 6) is 2.15. The Balaban J connectivity index is 1.63. The molecule has 0 atom stereocenters. The maximum atomic E-state index is 8.86. The summed E-state index contributed by atoms with van der Waals surface area (Å²) in [5, 5.41) is 16.2. The maximum Gasteiger partial charge on any atom is 0.136 e. The smallest absolute Gasteiger partial charge is 0.136 e. The molecule has 0 amide bonds. The second-order valence-corrected chi connectivity index (χ2v) is 6.24.